The molecular formula is C14H16BrClN2O2. The number of hydrogen-bond acceptors (Lipinski definition) is 4. The van der Waals surface area contributed by atoms with Crippen LogP contribution in [0.3, 0.4) is 0 Å². The second-order valence-corrected chi connectivity index (χ2v) is 5.93. The van der Waals surface area contributed by atoms with E-state index >= 15 is 0 Å². The summed E-state index contributed by atoms with van der Waals surface area (Å²) in [4.78, 5) is 6.28. The molecule has 1 unspecified atom stereocenters. The van der Waals surface area contributed by atoms with Gasteiger partial charge in [0, 0.05) is 42.4 Å². The van der Waals surface area contributed by atoms with E-state index in [2.05, 4.69) is 20.9 Å². The summed E-state index contributed by atoms with van der Waals surface area (Å²) in [5, 5.41) is 11.4. The lowest BCUT2D eigenvalue weighted by Gasteiger charge is -2.23. The van der Waals surface area contributed by atoms with Crippen molar-refractivity contribution in [3.63, 3.8) is 0 Å². The zero-order chi connectivity index (χ0) is 14.7. The number of ether oxygens (including phenoxy) is 1. The van der Waals surface area contributed by atoms with Crippen molar-refractivity contribution < 1.29 is 9.84 Å². The Kier molecular flexibility index (Phi) is 5.21. The average molecular weight is 360 g/mol. The molecule has 0 fully saturated rings. The third-order valence-electron chi connectivity index (χ3n) is 3.00. The van der Waals surface area contributed by atoms with Crippen molar-refractivity contribution in [3.05, 3.63) is 33.9 Å². The third kappa shape index (κ3) is 3.41. The fraction of sp³-hybridized carbons (Fsp3) is 0.357. The van der Waals surface area contributed by atoms with Gasteiger partial charge in [-0.1, -0.05) is 27.5 Å². The van der Waals surface area contributed by atoms with Crippen molar-refractivity contribution in [2.45, 2.75) is 6.10 Å². The minimum atomic E-state index is -0.546. The van der Waals surface area contributed by atoms with Crippen molar-refractivity contribution in [2.75, 3.05) is 32.2 Å². The highest BCUT2D eigenvalue weighted by molar-refractivity contribution is 9.10. The molecule has 0 spiro atoms. The number of aliphatic hydroxyl groups excluding tert-OH is 1. The van der Waals surface area contributed by atoms with Crippen molar-refractivity contribution in [2.24, 2.45) is 0 Å². The van der Waals surface area contributed by atoms with E-state index in [9.17, 15) is 5.11 Å². The molecule has 0 saturated carbocycles. The Morgan fingerprint density at radius 3 is 2.95 bits per heavy atom. The first-order chi connectivity index (χ1) is 9.52. The number of methoxy groups -OCH3 is 1. The Morgan fingerprint density at radius 2 is 2.25 bits per heavy atom. The number of rotatable bonds is 5. The van der Waals surface area contributed by atoms with Crippen LogP contribution in [0.2, 0.25) is 5.02 Å². The van der Waals surface area contributed by atoms with E-state index in [4.69, 9.17) is 16.3 Å². The van der Waals surface area contributed by atoms with Crippen LogP contribution in [-0.2, 0) is 4.74 Å². The van der Waals surface area contributed by atoms with Crippen LogP contribution >= 0.6 is 27.5 Å². The summed E-state index contributed by atoms with van der Waals surface area (Å²) in [5.74, 6) is 0. The standard InChI is InChI=1S/C14H16BrClN2O2/c1-18(7-10(19)8-20-2)13-3-4-17-14-11(13)5-9(15)6-12(14)16/h3-6,10,19H,7-8H2,1-2H3. The smallest absolute Gasteiger partial charge is 0.0947 e. The van der Waals surface area contributed by atoms with Crippen LogP contribution in [0.4, 0.5) is 5.69 Å². The van der Waals surface area contributed by atoms with Crippen LogP contribution in [0, 0.1) is 0 Å². The Morgan fingerprint density at radius 1 is 1.50 bits per heavy atom. The molecule has 2 aromatic rings. The third-order valence-corrected chi connectivity index (χ3v) is 3.74. The van der Waals surface area contributed by atoms with E-state index in [1.807, 2.05) is 30.1 Å². The molecule has 1 atom stereocenters. The van der Waals surface area contributed by atoms with Crippen molar-refractivity contribution in [1.82, 2.24) is 4.98 Å². The Balaban J connectivity index is 2.39. The number of pyridine rings is 1. The molecule has 20 heavy (non-hydrogen) atoms. The molecule has 0 aliphatic heterocycles. The quantitative estimate of drug-likeness (QED) is 0.891. The summed E-state index contributed by atoms with van der Waals surface area (Å²) in [6.07, 6.45) is 1.17. The fourth-order valence-corrected chi connectivity index (χ4v) is 3.01. The number of aromatic nitrogens is 1. The monoisotopic (exact) mass is 358 g/mol. The summed E-state index contributed by atoms with van der Waals surface area (Å²) in [6, 6.07) is 5.70. The predicted octanol–water partition coefficient (Wildman–Crippen LogP) is 3.09. The number of likely N-dealkylation sites (N-methyl/N-ethyl adjacent to an activating group) is 1. The van der Waals surface area contributed by atoms with E-state index in [-0.39, 0.29) is 0 Å². The molecule has 0 aliphatic rings. The van der Waals surface area contributed by atoms with Gasteiger partial charge in [-0.2, -0.15) is 0 Å². The number of halogens is 2. The van der Waals surface area contributed by atoms with Gasteiger partial charge in [0.1, 0.15) is 0 Å². The van der Waals surface area contributed by atoms with Gasteiger partial charge in [0.2, 0.25) is 0 Å². The molecule has 0 aliphatic carbocycles. The first-order valence-corrected chi connectivity index (χ1v) is 7.32. The van der Waals surface area contributed by atoms with E-state index < -0.39 is 6.10 Å². The van der Waals surface area contributed by atoms with Crippen LogP contribution in [0.5, 0.6) is 0 Å². The minimum Gasteiger partial charge on any atom is -0.389 e. The molecule has 1 N–H and O–H groups in total. The molecule has 2 rings (SSSR count). The van der Waals surface area contributed by atoms with Crippen molar-refractivity contribution in [3.8, 4) is 0 Å². The molecule has 108 valence electrons. The van der Waals surface area contributed by atoms with Crippen molar-refractivity contribution >= 4 is 44.1 Å². The maximum atomic E-state index is 9.84. The number of aliphatic hydroxyl groups is 1. The zero-order valence-corrected chi connectivity index (χ0v) is 13.6. The van der Waals surface area contributed by atoms with Crippen LogP contribution in [0.25, 0.3) is 10.9 Å². The Hall–Kier alpha value is -0.880. The molecule has 1 aromatic heterocycles. The number of nitrogens with zero attached hydrogens (tertiary/aromatic N) is 2. The van der Waals surface area contributed by atoms with Gasteiger partial charge in [0.25, 0.3) is 0 Å². The van der Waals surface area contributed by atoms with E-state index in [1.54, 1.807) is 13.3 Å². The predicted molar refractivity (Wildman–Crippen MR) is 85.6 cm³/mol. The number of fused-ring (bicyclic) bond motifs is 1. The second kappa shape index (κ2) is 6.72. The maximum Gasteiger partial charge on any atom is 0.0947 e. The Bertz CT molecular complexity index is 609. The molecule has 1 heterocycles. The largest absolute Gasteiger partial charge is 0.389 e. The molecule has 0 amide bonds. The molecular weight excluding hydrogens is 344 g/mol. The lowest BCUT2D eigenvalue weighted by Crippen LogP contribution is -2.32. The summed E-state index contributed by atoms with van der Waals surface area (Å²) in [5.41, 5.74) is 1.72. The lowest BCUT2D eigenvalue weighted by molar-refractivity contribution is 0.0695. The summed E-state index contributed by atoms with van der Waals surface area (Å²) in [6.45, 7) is 0.773. The van der Waals surface area contributed by atoms with E-state index in [1.165, 1.54) is 0 Å². The number of benzene rings is 1. The average Bonchev–Trinajstić information content (AvgIpc) is 2.38. The Labute approximate surface area is 131 Å². The SMILES string of the molecule is COCC(O)CN(C)c1ccnc2c(Cl)cc(Br)cc12. The minimum absolute atomic E-state index is 0.303. The molecule has 4 nitrogen and oxygen atoms in total. The zero-order valence-electron chi connectivity index (χ0n) is 11.3. The van der Waals surface area contributed by atoms with Gasteiger partial charge in [-0.05, 0) is 18.2 Å². The summed E-state index contributed by atoms with van der Waals surface area (Å²) < 4.78 is 5.85. The fourth-order valence-electron chi connectivity index (χ4n) is 2.16. The first-order valence-electron chi connectivity index (χ1n) is 6.15. The van der Waals surface area contributed by atoms with Gasteiger partial charge >= 0.3 is 0 Å². The van der Waals surface area contributed by atoms with Crippen LogP contribution in [0.15, 0.2) is 28.9 Å². The van der Waals surface area contributed by atoms with Crippen LogP contribution in [0.1, 0.15) is 0 Å². The van der Waals surface area contributed by atoms with E-state index in [0.717, 1.165) is 21.1 Å². The lowest BCUT2D eigenvalue weighted by atomic mass is 10.1. The highest BCUT2D eigenvalue weighted by atomic mass is 79.9. The number of anilines is 1. The topological polar surface area (TPSA) is 45.6 Å². The second-order valence-electron chi connectivity index (χ2n) is 4.60. The van der Waals surface area contributed by atoms with Gasteiger partial charge in [-0.25, -0.2) is 0 Å². The molecule has 0 saturated heterocycles. The van der Waals surface area contributed by atoms with E-state index in [0.29, 0.717) is 18.2 Å². The summed E-state index contributed by atoms with van der Waals surface area (Å²) in [7, 11) is 3.49. The first kappa shape index (κ1) is 15.5. The highest BCUT2D eigenvalue weighted by Gasteiger charge is 2.13. The highest BCUT2D eigenvalue weighted by Crippen LogP contribution is 2.32. The van der Waals surface area contributed by atoms with Crippen LogP contribution in [-0.4, -0.2) is 43.5 Å². The molecule has 0 bridgehead atoms. The summed E-state index contributed by atoms with van der Waals surface area (Å²) >= 11 is 9.66. The van der Waals surface area contributed by atoms with Gasteiger partial charge in [-0.3, -0.25) is 4.98 Å². The van der Waals surface area contributed by atoms with Gasteiger partial charge in [-0.15, -0.1) is 0 Å². The van der Waals surface area contributed by atoms with Crippen molar-refractivity contribution in [1.29, 1.82) is 0 Å². The normalized spacial score (nSPS) is 12.7. The number of hydrogen-bond donors (Lipinski definition) is 1. The van der Waals surface area contributed by atoms with Gasteiger partial charge < -0.3 is 14.7 Å². The molecule has 1 aromatic carbocycles. The molecule has 6 heteroatoms. The van der Waals surface area contributed by atoms with Gasteiger partial charge in [0.15, 0.2) is 0 Å². The maximum absolute atomic E-state index is 9.84. The van der Waals surface area contributed by atoms with Gasteiger partial charge in [0.05, 0.1) is 23.3 Å². The van der Waals surface area contributed by atoms with Crippen LogP contribution < -0.4 is 4.90 Å². The molecule has 0 radical (unpaired) electrons.